The van der Waals surface area contributed by atoms with Gasteiger partial charge in [0.05, 0.1) is 6.20 Å². The summed E-state index contributed by atoms with van der Waals surface area (Å²) in [4.78, 5) is 3.83. The van der Waals surface area contributed by atoms with Gasteiger partial charge in [-0.1, -0.05) is 13.8 Å². The Morgan fingerprint density at radius 2 is 2.00 bits per heavy atom. The van der Waals surface area contributed by atoms with Crippen LogP contribution < -0.4 is 4.74 Å². The van der Waals surface area contributed by atoms with Crippen LogP contribution in [0.15, 0.2) is 18.5 Å². The highest BCUT2D eigenvalue weighted by Gasteiger charge is 2.23. The molecule has 4 heteroatoms. The molecule has 1 aromatic rings. The molecule has 0 radical (unpaired) electrons. The fourth-order valence-electron chi connectivity index (χ4n) is 1.01. The van der Waals surface area contributed by atoms with Crippen molar-refractivity contribution in [2.45, 2.75) is 32.8 Å². The van der Waals surface area contributed by atoms with Gasteiger partial charge in [0.2, 0.25) is 0 Å². The Bertz CT molecular complexity index is 307. The van der Waals surface area contributed by atoms with Crippen LogP contribution in [-0.4, -0.2) is 11.1 Å². The summed E-state index contributed by atoms with van der Waals surface area (Å²) in [6, 6.07) is 1.58. The van der Waals surface area contributed by atoms with Crippen LogP contribution in [0.1, 0.15) is 32.3 Å². The predicted molar refractivity (Wildman–Crippen MR) is 49.6 cm³/mol. The van der Waals surface area contributed by atoms with Crippen molar-refractivity contribution in [1.82, 2.24) is 4.98 Å². The highest BCUT2D eigenvalue weighted by Crippen LogP contribution is 2.23. The molecule has 0 spiro atoms. The number of pyridine rings is 1. The second-order valence-electron chi connectivity index (χ2n) is 3.52. The van der Waals surface area contributed by atoms with Crippen LogP contribution in [0.4, 0.5) is 8.78 Å². The molecular weight excluding hydrogens is 188 g/mol. The number of rotatable bonds is 3. The van der Waals surface area contributed by atoms with Crippen LogP contribution in [0.2, 0.25) is 0 Å². The summed E-state index contributed by atoms with van der Waals surface area (Å²) in [6.45, 7) is 4.63. The Labute approximate surface area is 81.9 Å². The molecule has 0 unspecified atom stereocenters. The number of ether oxygens (including phenoxy) is 1. The van der Waals surface area contributed by atoms with Crippen LogP contribution in [-0.2, 0) is 0 Å². The zero-order chi connectivity index (χ0) is 10.8. The van der Waals surface area contributed by atoms with E-state index >= 15 is 0 Å². The molecule has 0 saturated heterocycles. The average molecular weight is 201 g/mol. The smallest absolute Gasteiger partial charge is 0.394 e. The Morgan fingerprint density at radius 1 is 1.36 bits per heavy atom. The van der Waals surface area contributed by atoms with Gasteiger partial charge in [-0.05, 0) is 17.5 Å². The molecule has 2 nitrogen and oxygen atoms in total. The zero-order valence-corrected chi connectivity index (χ0v) is 8.42. The van der Waals surface area contributed by atoms with Crippen LogP contribution in [0, 0.1) is 0 Å². The Kier molecular flexibility index (Phi) is 3.03. The maximum Gasteiger partial charge on any atom is 0.394 e. The molecule has 78 valence electrons. The number of nitrogens with zero attached hydrogens (tertiary/aromatic N) is 1. The molecular formula is C10H13F2NO. The average Bonchev–Trinajstić information content (AvgIpc) is 2.01. The van der Waals surface area contributed by atoms with Gasteiger partial charge in [-0.15, -0.1) is 0 Å². The van der Waals surface area contributed by atoms with E-state index in [1.165, 1.54) is 6.20 Å². The van der Waals surface area contributed by atoms with E-state index in [1.807, 2.05) is 13.8 Å². The first-order valence-corrected chi connectivity index (χ1v) is 4.40. The van der Waals surface area contributed by atoms with Crippen LogP contribution >= 0.6 is 0 Å². The molecule has 0 aliphatic rings. The van der Waals surface area contributed by atoms with Crippen molar-refractivity contribution >= 4 is 0 Å². The summed E-state index contributed by atoms with van der Waals surface area (Å²) in [5, 5.41) is 0. The number of halogens is 2. The van der Waals surface area contributed by atoms with E-state index in [4.69, 9.17) is 0 Å². The number of alkyl halides is 2. The molecule has 0 aromatic carbocycles. The number of hydrogen-bond acceptors (Lipinski definition) is 2. The van der Waals surface area contributed by atoms with E-state index in [2.05, 4.69) is 9.72 Å². The summed E-state index contributed by atoms with van der Waals surface area (Å²) in [5.74, 6) is 0.347. The van der Waals surface area contributed by atoms with Gasteiger partial charge in [0.25, 0.3) is 0 Å². The molecule has 0 atom stereocenters. The number of aromatic nitrogens is 1. The molecule has 0 aliphatic carbocycles. The first-order valence-electron chi connectivity index (χ1n) is 4.40. The maximum atomic E-state index is 12.5. The van der Waals surface area contributed by atoms with Crippen molar-refractivity contribution in [3.8, 4) is 5.75 Å². The molecule has 14 heavy (non-hydrogen) atoms. The molecule has 0 saturated carbocycles. The van der Waals surface area contributed by atoms with Gasteiger partial charge < -0.3 is 4.74 Å². The lowest BCUT2D eigenvalue weighted by Gasteiger charge is -2.13. The molecule has 0 aliphatic heterocycles. The summed E-state index contributed by atoms with van der Waals surface area (Å²) >= 11 is 0. The third kappa shape index (κ3) is 3.28. The lowest BCUT2D eigenvalue weighted by molar-refractivity contribution is -0.159. The largest absolute Gasteiger partial charge is 0.431 e. The third-order valence-corrected chi connectivity index (χ3v) is 1.70. The van der Waals surface area contributed by atoms with E-state index < -0.39 is 6.11 Å². The molecule has 0 fully saturated rings. The van der Waals surface area contributed by atoms with Crippen molar-refractivity contribution in [3.63, 3.8) is 0 Å². The Hall–Kier alpha value is -1.19. The predicted octanol–water partition coefficient (Wildman–Crippen LogP) is 3.20. The van der Waals surface area contributed by atoms with Gasteiger partial charge in [-0.25, -0.2) is 0 Å². The van der Waals surface area contributed by atoms with Crippen LogP contribution in [0.25, 0.3) is 0 Å². The van der Waals surface area contributed by atoms with Crippen LogP contribution in [0.5, 0.6) is 5.75 Å². The standard InChI is InChI=1S/C10H13F2NO/c1-7(2)8-4-9(6-13-5-8)14-10(3,11)12/h4-7H,1-3H3. The van der Waals surface area contributed by atoms with E-state index in [0.29, 0.717) is 6.92 Å². The van der Waals surface area contributed by atoms with Gasteiger partial charge in [0.15, 0.2) is 0 Å². The van der Waals surface area contributed by atoms with E-state index in [1.54, 1.807) is 12.3 Å². The Balaban J connectivity index is 2.84. The van der Waals surface area contributed by atoms with Crippen molar-refractivity contribution < 1.29 is 13.5 Å². The SMILES string of the molecule is CC(C)c1cncc(OC(C)(F)F)c1. The highest BCUT2D eigenvalue weighted by atomic mass is 19.3. The molecule has 1 rings (SSSR count). The summed E-state index contributed by atoms with van der Waals surface area (Å²) < 4.78 is 29.4. The second-order valence-corrected chi connectivity index (χ2v) is 3.52. The topological polar surface area (TPSA) is 22.1 Å². The minimum Gasteiger partial charge on any atom is -0.431 e. The lowest BCUT2D eigenvalue weighted by Crippen LogP contribution is -2.19. The molecule has 1 heterocycles. The molecule has 0 N–H and O–H groups in total. The monoisotopic (exact) mass is 201 g/mol. The lowest BCUT2D eigenvalue weighted by atomic mass is 10.1. The van der Waals surface area contributed by atoms with Gasteiger partial charge in [-0.3, -0.25) is 4.98 Å². The quantitative estimate of drug-likeness (QED) is 0.749. The fraction of sp³-hybridized carbons (Fsp3) is 0.500. The van der Waals surface area contributed by atoms with Gasteiger partial charge in [0, 0.05) is 13.1 Å². The van der Waals surface area contributed by atoms with Crippen molar-refractivity contribution in [1.29, 1.82) is 0 Å². The molecule has 0 bridgehead atoms. The summed E-state index contributed by atoms with van der Waals surface area (Å²) in [6.07, 6.45) is -0.230. The van der Waals surface area contributed by atoms with E-state index in [0.717, 1.165) is 5.56 Å². The first-order chi connectivity index (χ1) is 6.38. The van der Waals surface area contributed by atoms with Crippen LogP contribution in [0.3, 0.4) is 0 Å². The fourth-order valence-corrected chi connectivity index (χ4v) is 1.01. The maximum absolute atomic E-state index is 12.5. The summed E-state index contributed by atoms with van der Waals surface area (Å²) in [7, 11) is 0. The van der Waals surface area contributed by atoms with E-state index in [9.17, 15) is 8.78 Å². The molecule has 0 amide bonds. The second kappa shape index (κ2) is 3.90. The third-order valence-electron chi connectivity index (χ3n) is 1.70. The van der Waals surface area contributed by atoms with Crippen molar-refractivity contribution in [2.24, 2.45) is 0 Å². The van der Waals surface area contributed by atoms with Gasteiger partial charge >= 0.3 is 6.11 Å². The minimum atomic E-state index is -3.16. The van der Waals surface area contributed by atoms with E-state index in [-0.39, 0.29) is 11.7 Å². The van der Waals surface area contributed by atoms with Gasteiger partial charge in [-0.2, -0.15) is 8.78 Å². The Morgan fingerprint density at radius 3 is 2.50 bits per heavy atom. The van der Waals surface area contributed by atoms with Crippen molar-refractivity contribution in [2.75, 3.05) is 0 Å². The zero-order valence-electron chi connectivity index (χ0n) is 8.42. The highest BCUT2D eigenvalue weighted by molar-refractivity contribution is 5.25. The summed E-state index contributed by atoms with van der Waals surface area (Å²) in [5.41, 5.74) is 0.881. The normalized spacial score (nSPS) is 11.9. The van der Waals surface area contributed by atoms with Gasteiger partial charge in [0.1, 0.15) is 5.75 Å². The van der Waals surface area contributed by atoms with Crippen molar-refractivity contribution in [3.05, 3.63) is 24.0 Å². The number of hydrogen-bond donors (Lipinski definition) is 0. The first kappa shape index (κ1) is 10.9. The minimum absolute atomic E-state index is 0.101. The molecule has 1 aromatic heterocycles.